The standard InChI is InChI=1S/C51H98NO10P/c1-3-5-7-9-11-13-15-17-19-21-22-23-24-25-26-27-28-30-32-34-36-38-40-42-49(54)52-48(51(56)57)46-62-63(58,59)61-45-47(53)44-60-50(55)43-41-39-37-35-33-31-29-20-18-16-14-12-10-8-6-4-2/h20,29,47-48,53H,3-19,21-28,30-46H2,1-2H3,(H,52,54)(H,56,57)(H,58,59)/b29-20-. The van der Waals surface area contributed by atoms with Crippen LogP contribution >= 0.6 is 7.82 Å². The van der Waals surface area contributed by atoms with E-state index in [-0.39, 0.29) is 12.8 Å². The Hall–Kier alpha value is -1.78. The summed E-state index contributed by atoms with van der Waals surface area (Å²) in [6, 6.07) is -1.54. The summed E-state index contributed by atoms with van der Waals surface area (Å²) < 4.78 is 26.9. The van der Waals surface area contributed by atoms with Gasteiger partial charge in [0.15, 0.2) is 6.04 Å². The van der Waals surface area contributed by atoms with Crippen molar-refractivity contribution < 1.29 is 47.8 Å². The fourth-order valence-electron chi connectivity index (χ4n) is 7.72. The monoisotopic (exact) mass is 916 g/mol. The van der Waals surface area contributed by atoms with E-state index in [0.717, 1.165) is 57.8 Å². The van der Waals surface area contributed by atoms with Gasteiger partial charge in [-0.1, -0.05) is 225 Å². The van der Waals surface area contributed by atoms with Crippen molar-refractivity contribution in [2.24, 2.45) is 0 Å². The summed E-state index contributed by atoms with van der Waals surface area (Å²) in [5.41, 5.74) is 0. The number of phosphoric acid groups is 1. The largest absolute Gasteiger partial charge is 0.480 e. The Bertz CT molecular complexity index is 1120. The van der Waals surface area contributed by atoms with Crippen LogP contribution in [-0.2, 0) is 32.7 Å². The summed E-state index contributed by atoms with van der Waals surface area (Å²) in [5.74, 6) is -2.36. The number of esters is 1. The van der Waals surface area contributed by atoms with Gasteiger partial charge in [-0.15, -0.1) is 0 Å². The number of aliphatic hydroxyl groups excluding tert-OH is 1. The summed E-state index contributed by atoms with van der Waals surface area (Å²) in [4.78, 5) is 46.1. The molecule has 3 atom stereocenters. The van der Waals surface area contributed by atoms with Gasteiger partial charge in [-0.2, -0.15) is 0 Å². The van der Waals surface area contributed by atoms with Crippen LogP contribution in [0.5, 0.6) is 0 Å². The molecule has 0 saturated carbocycles. The minimum atomic E-state index is -4.76. The van der Waals surface area contributed by atoms with Crippen LogP contribution in [-0.4, -0.2) is 64.9 Å². The molecule has 0 aromatic rings. The number of hydrogen-bond acceptors (Lipinski definition) is 8. The summed E-state index contributed by atoms with van der Waals surface area (Å²) in [6.07, 6.45) is 49.5. The molecular weight excluding hydrogens is 818 g/mol. The number of carboxylic acids is 1. The van der Waals surface area contributed by atoms with Crippen molar-refractivity contribution in [3.8, 4) is 0 Å². The molecule has 11 nitrogen and oxygen atoms in total. The first kappa shape index (κ1) is 61.2. The van der Waals surface area contributed by atoms with E-state index < -0.39 is 57.6 Å². The Kier molecular flexibility index (Phi) is 45.4. The molecule has 12 heteroatoms. The minimum Gasteiger partial charge on any atom is -0.480 e. The van der Waals surface area contributed by atoms with Crippen molar-refractivity contribution in [1.82, 2.24) is 5.32 Å². The molecule has 0 saturated heterocycles. The Labute approximate surface area is 386 Å². The number of carbonyl (C=O) groups excluding carboxylic acids is 2. The van der Waals surface area contributed by atoms with Crippen LogP contribution in [0.4, 0.5) is 0 Å². The molecule has 0 aliphatic heterocycles. The van der Waals surface area contributed by atoms with E-state index in [0.29, 0.717) is 12.8 Å². The maximum atomic E-state index is 12.4. The van der Waals surface area contributed by atoms with Gasteiger partial charge in [0.05, 0.1) is 13.2 Å². The van der Waals surface area contributed by atoms with Crippen LogP contribution in [0.1, 0.15) is 264 Å². The van der Waals surface area contributed by atoms with Gasteiger partial charge in [-0.3, -0.25) is 18.6 Å². The second-order valence-corrected chi connectivity index (χ2v) is 19.5. The molecule has 0 bridgehead atoms. The van der Waals surface area contributed by atoms with Crippen molar-refractivity contribution in [3.63, 3.8) is 0 Å². The molecule has 1 amide bonds. The van der Waals surface area contributed by atoms with E-state index in [1.165, 1.54) is 167 Å². The predicted octanol–water partition coefficient (Wildman–Crippen LogP) is 14.4. The van der Waals surface area contributed by atoms with Crippen LogP contribution < -0.4 is 5.32 Å². The first-order valence-electron chi connectivity index (χ1n) is 26.2. The Morgan fingerprint density at radius 3 is 1.21 bits per heavy atom. The maximum absolute atomic E-state index is 12.4. The lowest BCUT2D eigenvalue weighted by Gasteiger charge is -2.18. The molecule has 63 heavy (non-hydrogen) atoms. The zero-order chi connectivity index (χ0) is 46.3. The molecule has 0 aliphatic carbocycles. The third-order valence-corrected chi connectivity index (χ3v) is 12.8. The molecule has 0 fully saturated rings. The van der Waals surface area contributed by atoms with Gasteiger partial charge in [0, 0.05) is 12.8 Å². The topological polar surface area (TPSA) is 169 Å². The van der Waals surface area contributed by atoms with Crippen LogP contribution in [0.2, 0.25) is 0 Å². The molecule has 0 aromatic heterocycles. The predicted molar refractivity (Wildman–Crippen MR) is 259 cm³/mol. The van der Waals surface area contributed by atoms with Crippen molar-refractivity contribution in [2.45, 2.75) is 276 Å². The fraction of sp³-hybridized carbons (Fsp3) is 0.902. The fourth-order valence-corrected chi connectivity index (χ4v) is 8.50. The van der Waals surface area contributed by atoms with Crippen LogP contribution in [0.25, 0.3) is 0 Å². The van der Waals surface area contributed by atoms with E-state index >= 15 is 0 Å². The quantitative estimate of drug-likeness (QED) is 0.0199. The third-order valence-electron chi connectivity index (χ3n) is 11.8. The van der Waals surface area contributed by atoms with Gasteiger partial charge < -0.3 is 25.2 Å². The zero-order valence-corrected chi connectivity index (χ0v) is 41.5. The number of carboxylic acid groups (broad SMARTS) is 1. The molecule has 0 heterocycles. The lowest BCUT2D eigenvalue weighted by atomic mass is 10.0. The number of rotatable bonds is 50. The number of nitrogens with one attached hydrogen (secondary N) is 1. The highest BCUT2D eigenvalue weighted by Crippen LogP contribution is 2.43. The first-order valence-corrected chi connectivity index (χ1v) is 27.7. The Balaban J connectivity index is 3.78. The van der Waals surface area contributed by atoms with Gasteiger partial charge in [-0.25, -0.2) is 9.36 Å². The van der Waals surface area contributed by atoms with E-state index in [1.54, 1.807) is 0 Å². The number of ether oxygens (including phenoxy) is 1. The summed E-state index contributed by atoms with van der Waals surface area (Å²) in [6.45, 7) is 2.63. The zero-order valence-electron chi connectivity index (χ0n) is 40.7. The average Bonchev–Trinajstić information content (AvgIpc) is 3.26. The molecule has 0 aromatic carbocycles. The van der Waals surface area contributed by atoms with Crippen LogP contribution in [0.3, 0.4) is 0 Å². The van der Waals surface area contributed by atoms with Crippen molar-refractivity contribution >= 4 is 25.7 Å². The number of aliphatic carboxylic acids is 1. The number of carbonyl (C=O) groups is 3. The smallest absolute Gasteiger partial charge is 0.472 e. The highest BCUT2D eigenvalue weighted by Gasteiger charge is 2.28. The Morgan fingerprint density at radius 2 is 0.825 bits per heavy atom. The van der Waals surface area contributed by atoms with Gasteiger partial charge in [0.2, 0.25) is 5.91 Å². The normalized spacial score (nSPS) is 13.6. The van der Waals surface area contributed by atoms with E-state index in [2.05, 4.69) is 31.3 Å². The summed E-state index contributed by atoms with van der Waals surface area (Å²) in [7, 11) is -4.76. The molecule has 0 aliphatic rings. The molecule has 0 radical (unpaired) electrons. The van der Waals surface area contributed by atoms with Gasteiger partial charge in [0.1, 0.15) is 12.7 Å². The second kappa shape index (κ2) is 46.7. The highest BCUT2D eigenvalue weighted by atomic mass is 31.2. The molecule has 0 spiro atoms. The summed E-state index contributed by atoms with van der Waals surface area (Å²) >= 11 is 0. The minimum absolute atomic E-state index is 0.151. The summed E-state index contributed by atoms with van der Waals surface area (Å²) in [5, 5.41) is 21.9. The molecule has 0 rings (SSSR count). The van der Waals surface area contributed by atoms with E-state index in [4.69, 9.17) is 13.8 Å². The number of unbranched alkanes of at least 4 members (excludes halogenated alkanes) is 34. The number of aliphatic hydroxyl groups is 1. The number of amides is 1. The first-order chi connectivity index (χ1) is 30.6. The average molecular weight is 916 g/mol. The van der Waals surface area contributed by atoms with Crippen molar-refractivity contribution in [3.05, 3.63) is 12.2 Å². The van der Waals surface area contributed by atoms with E-state index in [9.17, 15) is 34.1 Å². The highest BCUT2D eigenvalue weighted by molar-refractivity contribution is 7.47. The Morgan fingerprint density at radius 1 is 0.492 bits per heavy atom. The van der Waals surface area contributed by atoms with E-state index in [1.807, 2.05) is 0 Å². The third kappa shape index (κ3) is 46.5. The molecule has 4 N–H and O–H groups in total. The second-order valence-electron chi connectivity index (χ2n) is 18.1. The lowest BCUT2D eigenvalue weighted by molar-refractivity contribution is -0.147. The maximum Gasteiger partial charge on any atom is 0.472 e. The molecular formula is C51H98NO10P. The number of hydrogen-bond donors (Lipinski definition) is 4. The number of allylic oxidation sites excluding steroid dienone is 2. The lowest BCUT2D eigenvalue weighted by Crippen LogP contribution is -2.43. The van der Waals surface area contributed by atoms with Crippen molar-refractivity contribution in [1.29, 1.82) is 0 Å². The van der Waals surface area contributed by atoms with Crippen LogP contribution in [0.15, 0.2) is 12.2 Å². The molecule has 3 unspecified atom stereocenters. The van der Waals surface area contributed by atoms with Crippen LogP contribution in [0, 0.1) is 0 Å². The SMILES string of the molecule is CCCCCCCCC/C=C\CCCCCCCC(=O)OCC(O)COP(=O)(O)OCC(NC(=O)CCCCCCCCCCCCCCCCCCCCCCCCC)C(=O)O. The number of phosphoric ester groups is 1. The van der Waals surface area contributed by atoms with Gasteiger partial charge >= 0.3 is 19.8 Å². The van der Waals surface area contributed by atoms with Crippen molar-refractivity contribution in [2.75, 3.05) is 19.8 Å². The van der Waals surface area contributed by atoms with Gasteiger partial charge in [-0.05, 0) is 38.5 Å². The van der Waals surface area contributed by atoms with Gasteiger partial charge in [0.25, 0.3) is 0 Å². The molecule has 372 valence electrons.